The first kappa shape index (κ1) is 23.4. The van der Waals surface area contributed by atoms with E-state index in [1.807, 2.05) is 48.5 Å². The summed E-state index contributed by atoms with van der Waals surface area (Å²) in [5.41, 5.74) is 3.26. The number of carbonyl (C=O) groups is 1. The second-order valence-electron chi connectivity index (χ2n) is 8.30. The minimum Gasteiger partial charge on any atom is -0.347 e. The van der Waals surface area contributed by atoms with Crippen molar-refractivity contribution in [3.05, 3.63) is 112 Å². The first-order chi connectivity index (χ1) is 16.6. The summed E-state index contributed by atoms with van der Waals surface area (Å²) >= 11 is 0. The minimum absolute atomic E-state index is 0.209. The first-order valence-electron chi connectivity index (χ1n) is 11.7. The lowest BCUT2D eigenvalue weighted by Crippen LogP contribution is -2.30. The summed E-state index contributed by atoms with van der Waals surface area (Å²) in [6.45, 7) is 7.96. The molecule has 0 aliphatic carbocycles. The van der Waals surface area contributed by atoms with E-state index in [1.54, 1.807) is 18.2 Å². The molecule has 6 nitrogen and oxygen atoms in total. The van der Waals surface area contributed by atoms with Gasteiger partial charge in [0.05, 0.1) is 11.9 Å². The van der Waals surface area contributed by atoms with Crippen LogP contribution in [0.15, 0.2) is 83.7 Å². The number of hydrogen-bond acceptors (Lipinski definition) is 4. The van der Waals surface area contributed by atoms with Gasteiger partial charge in [-0.3, -0.25) is 14.5 Å². The molecule has 3 aromatic carbocycles. The van der Waals surface area contributed by atoms with Crippen molar-refractivity contribution in [2.75, 3.05) is 13.1 Å². The van der Waals surface area contributed by atoms with Crippen LogP contribution in [0.2, 0.25) is 0 Å². The van der Waals surface area contributed by atoms with Gasteiger partial charge in [0.25, 0.3) is 11.5 Å². The summed E-state index contributed by atoms with van der Waals surface area (Å²) < 4.78 is 1.37. The Bertz CT molecular complexity index is 1310. The third-order valence-corrected chi connectivity index (χ3v) is 6.03. The van der Waals surface area contributed by atoms with Crippen LogP contribution in [0.3, 0.4) is 0 Å². The van der Waals surface area contributed by atoms with Crippen LogP contribution >= 0.6 is 0 Å². The number of amides is 1. The van der Waals surface area contributed by atoms with Gasteiger partial charge in [0.2, 0.25) is 0 Å². The van der Waals surface area contributed by atoms with E-state index in [9.17, 15) is 9.59 Å². The lowest BCUT2D eigenvalue weighted by atomic mass is 10.1. The number of hydrogen-bond donors (Lipinski definition) is 1. The molecule has 4 rings (SSSR count). The standard InChI is InChI=1S/C28H30N4O2/c1-3-31(4-2)19-23-16-14-21(15-17-23)18-29-27(33)26-24-12-8-9-13-25(24)28(34)32(30-26)20-22-10-6-5-7-11-22/h5-17H,3-4,18-20H2,1-2H3,(H,29,33). The highest BCUT2D eigenvalue weighted by molar-refractivity contribution is 6.04. The van der Waals surface area contributed by atoms with Crippen molar-refractivity contribution in [2.45, 2.75) is 33.5 Å². The zero-order valence-corrected chi connectivity index (χ0v) is 19.7. The Hall–Kier alpha value is -3.77. The Kier molecular flexibility index (Phi) is 7.50. The number of fused-ring (bicyclic) bond motifs is 1. The van der Waals surface area contributed by atoms with Crippen LogP contribution in [0.5, 0.6) is 0 Å². The topological polar surface area (TPSA) is 67.2 Å². The van der Waals surface area contributed by atoms with Gasteiger partial charge in [-0.25, -0.2) is 4.68 Å². The lowest BCUT2D eigenvalue weighted by molar-refractivity contribution is 0.0945. The van der Waals surface area contributed by atoms with Gasteiger partial charge in [-0.1, -0.05) is 86.6 Å². The number of carbonyl (C=O) groups excluding carboxylic acids is 1. The molecule has 0 bridgehead atoms. The molecule has 6 heteroatoms. The fourth-order valence-corrected chi connectivity index (χ4v) is 4.00. The Morgan fingerprint density at radius 3 is 2.12 bits per heavy atom. The third kappa shape index (κ3) is 5.41. The number of benzene rings is 3. The molecule has 34 heavy (non-hydrogen) atoms. The van der Waals surface area contributed by atoms with Crippen LogP contribution in [0.1, 0.15) is 41.0 Å². The summed E-state index contributed by atoms with van der Waals surface area (Å²) in [5, 5.41) is 8.48. The molecular formula is C28H30N4O2. The summed E-state index contributed by atoms with van der Waals surface area (Å²) in [5.74, 6) is -0.301. The molecule has 0 atom stereocenters. The lowest BCUT2D eigenvalue weighted by Gasteiger charge is -2.18. The zero-order chi connectivity index (χ0) is 23.9. The maximum absolute atomic E-state index is 13.1. The van der Waals surface area contributed by atoms with Crippen LogP contribution < -0.4 is 10.9 Å². The van der Waals surface area contributed by atoms with Crippen LogP contribution in [-0.2, 0) is 19.6 Å². The molecule has 1 amide bonds. The van der Waals surface area contributed by atoms with Crippen molar-refractivity contribution in [2.24, 2.45) is 0 Å². The SMILES string of the molecule is CCN(CC)Cc1ccc(CNC(=O)c2nn(Cc3ccccc3)c(=O)c3ccccc23)cc1. The second-order valence-corrected chi connectivity index (χ2v) is 8.30. The second kappa shape index (κ2) is 10.9. The fourth-order valence-electron chi connectivity index (χ4n) is 4.00. The van der Waals surface area contributed by atoms with E-state index in [2.05, 4.69) is 41.3 Å². The average Bonchev–Trinajstić information content (AvgIpc) is 2.89. The first-order valence-corrected chi connectivity index (χ1v) is 11.7. The molecule has 1 N–H and O–H groups in total. The van der Waals surface area contributed by atoms with Crippen molar-refractivity contribution in [3.8, 4) is 0 Å². The molecule has 4 aromatic rings. The summed E-state index contributed by atoms with van der Waals surface area (Å²) in [7, 11) is 0. The van der Waals surface area contributed by atoms with Crippen LogP contribution in [-0.4, -0.2) is 33.7 Å². The number of rotatable bonds is 9. The molecule has 0 unspecified atom stereocenters. The van der Waals surface area contributed by atoms with Gasteiger partial charge >= 0.3 is 0 Å². The van der Waals surface area contributed by atoms with Gasteiger partial charge in [0, 0.05) is 18.5 Å². The van der Waals surface area contributed by atoms with Crippen LogP contribution in [0.4, 0.5) is 0 Å². The molecule has 1 aromatic heterocycles. The Labute approximate surface area is 199 Å². The van der Waals surface area contributed by atoms with E-state index >= 15 is 0 Å². The molecule has 0 aliphatic rings. The summed E-state index contributed by atoms with van der Waals surface area (Å²) in [6, 6.07) is 25.1. The molecule has 0 aliphatic heterocycles. The third-order valence-electron chi connectivity index (χ3n) is 6.03. The smallest absolute Gasteiger partial charge is 0.274 e. The maximum Gasteiger partial charge on any atom is 0.274 e. The zero-order valence-electron chi connectivity index (χ0n) is 19.7. The van der Waals surface area contributed by atoms with Gasteiger partial charge < -0.3 is 5.32 Å². The van der Waals surface area contributed by atoms with E-state index in [4.69, 9.17) is 0 Å². The molecule has 174 valence electrons. The minimum atomic E-state index is -0.301. The Morgan fingerprint density at radius 2 is 1.44 bits per heavy atom. The van der Waals surface area contributed by atoms with E-state index in [-0.39, 0.29) is 17.2 Å². The highest BCUT2D eigenvalue weighted by Crippen LogP contribution is 2.14. The van der Waals surface area contributed by atoms with Crippen molar-refractivity contribution >= 4 is 16.7 Å². The summed E-state index contributed by atoms with van der Waals surface area (Å²) in [4.78, 5) is 28.5. The van der Waals surface area contributed by atoms with Crippen molar-refractivity contribution in [1.82, 2.24) is 20.0 Å². The number of nitrogens with zero attached hydrogens (tertiary/aromatic N) is 3. The molecule has 0 saturated carbocycles. The monoisotopic (exact) mass is 454 g/mol. The normalized spacial score (nSPS) is 11.1. The highest BCUT2D eigenvalue weighted by atomic mass is 16.2. The van der Waals surface area contributed by atoms with Gasteiger partial charge in [-0.15, -0.1) is 0 Å². The Morgan fingerprint density at radius 1 is 0.824 bits per heavy atom. The number of nitrogens with one attached hydrogen (secondary N) is 1. The summed E-state index contributed by atoms with van der Waals surface area (Å²) in [6.07, 6.45) is 0. The maximum atomic E-state index is 13.1. The molecule has 1 heterocycles. The van der Waals surface area contributed by atoms with Crippen LogP contribution in [0, 0.1) is 0 Å². The average molecular weight is 455 g/mol. The Balaban J connectivity index is 1.54. The van der Waals surface area contributed by atoms with Gasteiger partial charge in [0.1, 0.15) is 0 Å². The van der Waals surface area contributed by atoms with Crippen LogP contribution in [0.25, 0.3) is 10.8 Å². The van der Waals surface area contributed by atoms with Crippen molar-refractivity contribution in [3.63, 3.8) is 0 Å². The molecular weight excluding hydrogens is 424 g/mol. The van der Waals surface area contributed by atoms with Crippen molar-refractivity contribution < 1.29 is 4.79 Å². The van der Waals surface area contributed by atoms with Gasteiger partial charge in [-0.05, 0) is 35.8 Å². The van der Waals surface area contributed by atoms with E-state index in [0.717, 1.165) is 30.8 Å². The quantitative estimate of drug-likeness (QED) is 0.411. The van der Waals surface area contributed by atoms with Crippen molar-refractivity contribution in [1.29, 1.82) is 0 Å². The fraction of sp³-hybridized carbons (Fsp3) is 0.250. The highest BCUT2D eigenvalue weighted by Gasteiger charge is 2.16. The predicted molar refractivity (Wildman–Crippen MR) is 136 cm³/mol. The van der Waals surface area contributed by atoms with Gasteiger partial charge in [0.15, 0.2) is 5.69 Å². The van der Waals surface area contributed by atoms with Gasteiger partial charge in [-0.2, -0.15) is 5.10 Å². The number of aromatic nitrogens is 2. The van der Waals surface area contributed by atoms with E-state index in [0.29, 0.717) is 23.9 Å². The van der Waals surface area contributed by atoms with E-state index in [1.165, 1.54) is 10.2 Å². The molecule has 0 spiro atoms. The largest absolute Gasteiger partial charge is 0.347 e. The molecule has 0 radical (unpaired) electrons. The molecule has 0 saturated heterocycles. The predicted octanol–water partition coefficient (Wildman–Crippen LogP) is 4.22. The van der Waals surface area contributed by atoms with E-state index < -0.39 is 0 Å². The molecule has 0 fully saturated rings.